The molecule has 0 radical (unpaired) electrons. The number of amides is 1. The Balaban J connectivity index is 1.98. The number of benzene rings is 2. The summed E-state index contributed by atoms with van der Waals surface area (Å²) < 4.78 is 1.06. The van der Waals surface area contributed by atoms with Crippen LogP contribution in [0.15, 0.2) is 54.6 Å². The summed E-state index contributed by atoms with van der Waals surface area (Å²) in [7, 11) is 0. The Morgan fingerprint density at radius 3 is 2.53 bits per heavy atom. The highest BCUT2D eigenvalue weighted by molar-refractivity contribution is 14.1. The zero-order valence-corrected chi connectivity index (χ0v) is 11.3. The number of hydrogen-bond acceptors (Lipinski definition) is 1. The molecule has 0 bridgehead atoms. The fourth-order valence-corrected chi connectivity index (χ4v) is 2.05. The van der Waals surface area contributed by atoms with Crippen molar-refractivity contribution in [1.29, 1.82) is 0 Å². The van der Waals surface area contributed by atoms with Crippen LogP contribution in [-0.2, 0) is 6.54 Å². The van der Waals surface area contributed by atoms with Crippen molar-refractivity contribution in [3.05, 3.63) is 69.3 Å². The van der Waals surface area contributed by atoms with E-state index in [2.05, 4.69) is 27.9 Å². The summed E-state index contributed by atoms with van der Waals surface area (Å²) in [6, 6.07) is 17.4. The van der Waals surface area contributed by atoms with Crippen LogP contribution in [0.5, 0.6) is 0 Å². The molecule has 1 amide bonds. The van der Waals surface area contributed by atoms with Gasteiger partial charge >= 0.3 is 0 Å². The van der Waals surface area contributed by atoms with Crippen LogP contribution in [0.2, 0.25) is 0 Å². The van der Waals surface area contributed by atoms with E-state index in [1.807, 2.05) is 54.6 Å². The summed E-state index contributed by atoms with van der Waals surface area (Å²) in [4.78, 5) is 11.9. The van der Waals surface area contributed by atoms with E-state index < -0.39 is 0 Å². The van der Waals surface area contributed by atoms with Crippen LogP contribution < -0.4 is 5.32 Å². The molecule has 3 heteroatoms. The number of nitrogens with one attached hydrogen (secondary N) is 1. The lowest BCUT2D eigenvalue weighted by molar-refractivity contribution is 0.0951. The Hall–Kier alpha value is -1.36. The van der Waals surface area contributed by atoms with Crippen molar-refractivity contribution in [2.45, 2.75) is 6.54 Å². The summed E-state index contributed by atoms with van der Waals surface area (Å²) in [5, 5.41) is 2.90. The maximum atomic E-state index is 11.9. The average molecular weight is 337 g/mol. The minimum atomic E-state index is -0.0348. The van der Waals surface area contributed by atoms with Crippen LogP contribution >= 0.6 is 22.6 Å². The molecule has 0 spiro atoms. The van der Waals surface area contributed by atoms with E-state index in [1.165, 1.54) is 0 Å². The van der Waals surface area contributed by atoms with Gasteiger partial charge in [0.2, 0.25) is 0 Å². The zero-order valence-electron chi connectivity index (χ0n) is 9.19. The zero-order chi connectivity index (χ0) is 12.1. The number of halogens is 1. The maximum Gasteiger partial charge on any atom is 0.251 e. The largest absolute Gasteiger partial charge is 0.348 e. The predicted octanol–water partition coefficient (Wildman–Crippen LogP) is 3.22. The predicted molar refractivity (Wildman–Crippen MR) is 76.8 cm³/mol. The van der Waals surface area contributed by atoms with Gasteiger partial charge in [-0.3, -0.25) is 4.79 Å². The standard InChI is InChI=1S/C14H12INO/c15-13-8-4-7-12(9-13)14(17)16-10-11-5-2-1-3-6-11/h1-9H,10H2,(H,16,17). The molecule has 2 aromatic carbocycles. The fraction of sp³-hybridized carbons (Fsp3) is 0.0714. The Kier molecular flexibility index (Phi) is 4.14. The smallest absolute Gasteiger partial charge is 0.251 e. The molecule has 0 unspecified atom stereocenters. The number of rotatable bonds is 3. The summed E-state index contributed by atoms with van der Waals surface area (Å²) in [5.74, 6) is -0.0348. The molecule has 0 atom stereocenters. The Labute approximate surface area is 114 Å². The van der Waals surface area contributed by atoms with Crippen molar-refractivity contribution in [1.82, 2.24) is 5.32 Å². The van der Waals surface area contributed by atoms with Gasteiger partial charge in [-0.1, -0.05) is 36.4 Å². The van der Waals surface area contributed by atoms with Gasteiger partial charge in [0.15, 0.2) is 0 Å². The van der Waals surface area contributed by atoms with Crippen molar-refractivity contribution >= 4 is 28.5 Å². The van der Waals surface area contributed by atoms with E-state index in [0.29, 0.717) is 12.1 Å². The van der Waals surface area contributed by atoms with Gasteiger partial charge in [-0.2, -0.15) is 0 Å². The topological polar surface area (TPSA) is 29.1 Å². The summed E-state index contributed by atoms with van der Waals surface area (Å²) >= 11 is 2.20. The van der Waals surface area contributed by atoms with E-state index >= 15 is 0 Å². The first-order valence-electron chi connectivity index (χ1n) is 5.33. The van der Waals surface area contributed by atoms with Crippen LogP contribution in [0.4, 0.5) is 0 Å². The number of hydrogen-bond donors (Lipinski definition) is 1. The molecule has 0 aliphatic heterocycles. The molecule has 17 heavy (non-hydrogen) atoms. The third-order valence-electron chi connectivity index (χ3n) is 2.38. The lowest BCUT2D eigenvalue weighted by atomic mass is 10.2. The number of carbonyl (C=O) groups is 1. The summed E-state index contributed by atoms with van der Waals surface area (Å²) in [6.07, 6.45) is 0. The van der Waals surface area contributed by atoms with Gasteiger partial charge in [0, 0.05) is 15.7 Å². The van der Waals surface area contributed by atoms with Gasteiger partial charge in [0.05, 0.1) is 0 Å². The number of carbonyl (C=O) groups excluding carboxylic acids is 1. The van der Waals surface area contributed by atoms with Crippen LogP contribution in [0.3, 0.4) is 0 Å². The van der Waals surface area contributed by atoms with E-state index in [-0.39, 0.29) is 5.91 Å². The van der Waals surface area contributed by atoms with Crippen LogP contribution in [0.25, 0.3) is 0 Å². The quantitative estimate of drug-likeness (QED) is 0.856. The van der Waals surface area contributed by atoms with Crippen LogP contribution in [0.1, 0.15) is 15.9 Å². The summed E-state index contributed by atoms with van der Waals surface area (Å²) in [6.45, 7) is 0.561. The average Bonchev–Trinajstić information content (AvgIpc) is 2.37. The highest BCUT2D eigenvalue weighted by atomic mass is 127. The molecule has 0 fully saturated rings. The van der Waals surface area contributed by atoms with E-state index in [0.717, 1.165) is 9.13 Å². The van der Waals surface area contributed by atoms with Crippen molar-refractivity contribution < 1.29 is 4.79 Å². The van der Waals surface area contributed by atoms with Gasteiger partial charge in [-0.15, -0.1) is 0 Å². The van der Waals surface area contributed by atoms with Crippen molar-refractivity contribution in [3.63, 3.8) is 0 Å². The van der Waals surface area contributed by atoms with E-state index in [4.69, 9.17) is 0 Å². The Morgan fingerprint density at radius 1 is 1.06 bits per heavy atom. The third-order valence-corrected chi connectivity index (χ3v) is 3.05. The fourth-order valence-electron chi connectivity index (χ4n) is 1.51. The molecule has 0 aliphatic rings. The first-order chi connectivity index (χ1) is 8.25. The molecule has 0 heterocycles. The van der Waals surface area contributed by atoms with Crippen molar-refractivity contribution in [3.8, 4) is 0 Å². The molecule has 0 saturated heterocycles. The van der Waals surface area contributed by atoms with Gasteiger partial charge in [-0.05, 0) is 46.4 Å². The monoisotopic (exact) mass is 337 g/mol. The van der Waals surface area contributed by atoms with Gasteiger partial charge in [0.1, 0.15) is 0 Å². The molecule has 1 N–H and O–H groups in total. The molecule has 0 aromatic heterocycles. The lowest BCUT2D eigenvalue weighted by Crippen LogP contribution is -2.22. The van der Waals surface area contributed by atoms with Crippen molar-refractivity contribution in [2.24, 2.45) is 0 Å². The van der Waals surface area contributed by atoms with Crippen molar-refractivity contribution in [2.75, 3.05) is 0 Å². The SMILES string of the molecule is O=C(NCc1ccccc1)c1cccc(I)c1. The highest BCUT2D eigenvalue weighted by Gasteiger charge is 2.04. The van der Waals surface area contributed by atoms with Gasteiger partial charge < -0.3 is 5.32 Å². The van der Waals surface area contributed by atoms with Crippen LogP contribution in [-0.4, -0.2) is 5.91 Å². The summed E-state index contributed by atoms with van der Waals surface area (Å²) in [5.41, 5.74) is 1.80. The molecule has 0 saturated carbocycles. The second-order valence-corrected chi connectivity index (χ2v) is 4.92. The van der Waals surface area contributed by atoms with Crippen LogP contribution in [0, 0.1) is 3.57 Å². The lowest BCUT2D eigenvalue weighted by Gasteiger charge is -2.05. The van der Waals surface area contributed by atoms with E-state index in [9.17, 15) is 4.79 Å². The molecule has 2 rings (SSSR count). The Morgan fingerprint density at radius 2 is 1.82 bits per heavy atom. The molecular formula is C14H12INO. The maximum absolute atomic E-state index is 11.9. The molecule has 0 aliphatic carbocycles. The second kappa shape index (κ2) is 5.82. The molecule has 2 nitrogen and oxygen atoms in total. The molecule has 86 valence electrons. The normalized spacial score (nSPS) is 9.94. The Bertz CT molecular complexity index is 511. The first kappa shape index (κ1) is 12.1. The minimum absolute atomic E-state index is 0.0348. The van der Waals surface area contributed by atoms with Gasteiger partial charge in [-0.25, -0.2) is 0 Å². The van der Waals surface area contributed by atoms with Gasteiger partial charge in [0.25, 0.3) is 5.91 Å². The molecule has 2 aromatic rings. The first-order valence-corrected chi connectivity index (χ1v) is 6.41. The highest BCUT2D eigenvalue weighted by Crippen LogP contribution is 2.08. The second-order valence-electron chi connectivity index (χ2n) is 3.68. The van der Waals surface area contributed by atoms with E-state index in [1.54, 1.807) is 0 Å². The third kappa shape index (κ3) is 3.56. The molecular weight excluding hydrogens is 325 g/mol. The minimum Gasteiger partial charge on any atom is -0.348 e.